The number of hydrogen-bond acceptors (Lipinski definition) is 2. The van der Waals surface area contributed by atoms with Crippen molar-refractivity contribution in [3.05, 3.63) is 0 Å². The van der Waals surface area contributed by atoms with Crippen LogP contribution in [0.15, 0.2) is 0 Å². The molecule has 11 heavy (non-hydrogen) atoms. The standard InChI is InChI=1S/C9H19NO/c1-4-8-5-9(11)6-10(8)7(2)3/h7-9,11H,4-6H2,1-3H3/t8-,9-/m1/s1. The van der Waals surface area contributed by atoms with Crippen molar-refractivity contribution in [1.82, 2.24) is 4.90 Å². The average molecular weight is 157 g/mol. The van der Waals surface area contributed by atoms with Crippen LogP contribution in [0.4, 0.5) is 0 Å². The molecule has 1 N–H and O–H groups in total. The van der Waals surface area contributed by atoms with E-state index in [2.05, 4.69) is 25.7 Å². The minimum Gasteiger partial charge on any atom is -0.392 e. The summed E-state index contributed by atoms with van der Waals surface area (Å²) in [5.74, 6) is 0. The quantitative estimate of drug-likeness (QED) is 0.652. The SMILES string of the molecule is CC[C@@H]1C[C@@H](O)CN1C(C)C. The zero-order chi connectivity index (χ0) is 8.43. The second kappa shape index (κ2) is 3.55. The van der Waals surface area contributed by atoms with E-state index in [0.29, 0.717) is 12.1 Å². The van der Waals surface area contributed by atoms with E-state index in [-0.39, 0.29) is 6.10 Å². The van der Waals surface area contributed by atoms with Gasteiger partial charge in [0, 0.05) is 18.6 Å². The second-order valence-electron chi connectivity index (χ2n) is 3.74. The number of hydrogen-bond donors (Lipinski definition) is 1. The highest BCUT2D eigenvalue weighted by atomic mass is 16.3. The predicted molar refractivity (Wildman–Crippen MR) is 46.5 cm³/mol. The summed E-state index contributed by atoms with van der Waals surface area (Å²) in [6.07, 6.45) is 2.05. The third-order valence-corrected chi connectivity index (χ3v) is 2.57. The number of likely N-dealkylation sites (tertiary alicyclic amines) is 1. The summed E-state index contributed by atoms with van der Waals surface area (Å²) in [6.45, 7) is 7.45. The molecule has 1 heterocycles. The highest BCUT2D eigenvalue weighted by Gasteiger charge is 2.30. The summed E-state index contributed by atoms with van der Waals surface area (Å²) >= 11 is 0. The predicted octanol–water partition coefficient (Wildman–Crippen LogP) is 1.24. The van der Waals surface area contributed by atoms with Crippen molar-refractivity contribution >= 4 is 0 Å². The Morgan fingerprint density at radius 1 is 1.55 bits per heavy atom. The summed E-state index contributed by atoms with van der Waals surface area (Å²) in [7, 11) is 0. The van der Waals surface area contributed by atoms with Crippen molar-refractivity contribution in [2.45, 2.75) is 51.8 Å². The number of aliphatic hydroxyl groups excluding tert-OH is 1. The Labute approximate surface area is 69.2 Å². The van der Waals surface area contributed by atoms with E-state index in [0.717, 1.165) is 19.4 Å². The van der Waals surface area contributed by atoms with Crippen molar-refractivity contribution in [3.63, 3.8) is 0 Å². The molecule has 1 aliphatic heterocycles. The number of β-amino-alcohol motifs (C(OH)–C–C–N with tert-alkyl or cyclic N) is 1. The molecule has 1 saturated heterocycles. The van der Waals surface area contributed by atoms with Crippen LogP contribution in [-0.4, -0.2) is 34.7 Å². The van der Waals surface area contributed by atoms with Crippen molar-refractivity contribution < 1.29 is 5.11 Å². The normalized spacial score (nSPS) is 33.5. The van der Waals surface area contributed by atoms with Gasteiger partial charge in [-0.05, 0) is 26.7 Å². The number of nitrogens with zero attached hydrogens (tertiary/aromatic N) is 1. The second-order valence-corrected chi connectivity index (χ2v) is 3.74. The molecule has 1 rings (SSSR count). The van der Waals surface area contributed by atoms with Gasteiger partial charge in [-0.1, -0.05) is 6.92 Å². The zero-order valence-electron chi connectivity index (χ0n) is 7.75. The Hall–Kier alpha value is -0.0800. The summed E-state index contributed by atoms with van der Waals surface area (Å²) < 4.78 is 0. The molecule has 0 spiro atoms. The molecule has 2 nitrogen and oxygen atoms in total. The first kappa shape index (κ1) is 9.01. The van der Waals surface area contributed by atoms with Crippen LogP contribution in [0.25, 0.3) is 0 Å². The van der Waals surface area contributed by atoms with Crippen molar-refractivity contribution in [2.24, 2.45) is 0 Å². The summed E-state index contributed by atoms with van der Waals surface area (Å²) in [5, 5.41) is 9.41. The molecule has 0 bridgehead atoms. The van der Waals surface area contributed by atoms with E-state index in [1.54, 1.807) is 0 Å². The minimum atomic E-state index is -0.0812. The summed E-state index contributed by atoms with van der Waals surface area (Å²) in [5.41, 5.74) is 0. The third-order valence-electron chi connectivity index (χ3n) is 2.57. The maximum atomic E-state index is 9.41. The molecule has 1 fully saturated rings. The maximum Gasteiger partial charge on any atom is 0.0682 e. The molecule has 0 aromatic carbocycles. The fraction of sp³-hybridized carbons (Fsp3) is 1.00. The molecule has 2 atom stereocenters. The Morgan fingerprint density at radius 3 is 2.55 bits per heavy atom. The first-order valence-electron chi connectivity index (χ1n) is 4.59. The Kier molecular flexibility index (Phi) is 2.90. The lowest BCUT2D eigenvalue weighted by Gasteiger charge is -2.26. The lowest BCUT2D eigenvalue weighted by Crippen LogP contribution is -2.35. The molecule has 0 radical (unpaired) electrons. The van der Waals surface area contributed by atoms with Crippen molar-refractivity contribution in [2.75, 3.05) is 6.54 Å². The molecule has 2 heteroatoms. The van der Waals surface area contributed by atoms with E-state index in [4.69, 9.17) is 0 Å². The van der Waals surface area contributed by atoms with Gasteiger partial charge < -0.3 is 5.11 Å². The lowest BCUT2D eigenvalue weighted by atomic mass is 10.1. The van der Waals surface area contributed by atoms with Crippen LogP contribution >= 0.6 is 0 Å². The van der Waals surface area contributed by atoms with Crippen molar-refractivity contribution in [3.8, 4) is 0 Å². The maximum absolute atomic E-state index is 9.41. The largest absolute Gasteiger partial charge is 0.392 e. The van der Waals surface area contributed by atoms with E-state index in [1.165, 1.54) is 0 Å². The van der Waals surface area contributed by atoms with Gasteiger partial charge in [0.2, 0.25) is 0 Å². The average Bonchev–Trinajstić information content (AvgIpc) is 2.30. The molecule has 0 aliphatic carbocycles. The van der Waals surface area contributed by atoms with Gasteiger partial charge in [-0.25, -0.2) is 0 Å². The van der Waals surface area contributed by atoms with Gasteiger partial charge in [-0.2, -0.15) is 0 Å². The van der Waals surface area contributed by atoms with Crippen molar-refractivity contribution in [1.29, 1.82) is 0 Å². The summed E-state index contributed by atoms with van der Waals surface area (Å²) in [6, 6.07) is 1.20. The van der Waals surface area contributed by atoms with Gasteiger partial charge in [-0.3, -0.25) is 4.90 Å². The van der Waals surface area contributed by atoms with Gasteiger partial charge in [0.05, 0.1) is 6.10 Å². The van der Waals surface area contributed by atoms with Gasteiger partial charge >= 0.3 is 0 Å². The van der Waals surface area contributed by atoms with Crippen LogP contribution in [-0.2, 0) is 0 Å². The third kappa shape index (κ3) is 1.94. The first-order chi connectivity index (χ1) is 5.15. The minimum absolute atomic E-state index is 0.0812. The lowest BCUT2D eigenvalue weighted by molar-refractivity contribution is 0.158. The molecule has 66 valence electrons. The Balaban J connectivity index is 2.50. The van der Waals surface area contributed by atoms with E-state index in [9.17, 15) is 5.11 Å². The molecule has 0 aromatic heterocycles. The number of aliphatic hydroxyl groups is 1. The highest BCUT2D eigenvalue weighted by Crippen LogP contribution is 2.22. The molecule has 0 aromatic rings. The van der Waals surface area contributed by atoms with Gasteiger partial charge in [0.15, 0.2) is 0 Å². The molecule has 0 unspecified atom stereocenters. The van der Waals surface area contributed by atoms with Gasteiger partial charge in [0.25, 0.3) is 0 Å². The van der Waals surface area contributed by atoms with Crippen LogP contribution in [0, 0.1) is 0 Å². The molecular formula is C9H19NO. The first-order valence-corrected chi connectivity index (χ1v) is 4.59. The van der Waals surface area contributed by atoms with E-state index in [1.807, 2.05) is 0 Å². The van der Waals surface area contributed by atoms with Crippen LogP contribution in [0.5, 0.6) is 0 Å². The molecular weight excluding hydrogens is 138 g/mol. The molecule has 1 aliphatic rings. The van der Waals surface area contributed by atoms with E-state index < -0.39 is 0 Å². The molecule has 0 amide bonds. The highest BCUT2D eigenvalue weighted by molar-refractivity contribution is 4.85. The van der Waals surface area contributed by atoms with Gasteiger partial charge in [-0.15, -0.1) is 0 Å². The fourth-order valence-electron chi connectivity index (χ4n) is 1.95. The molecule has 0 saturated carbocycles. The van der Waals surface area contributed by atoms with Crippen LogP contribution in [0.1, 0.15) is 33.6 Å². The monoisotopic (exact) mass is 157 g/mol. The van der Waals surface area contributed by atoms with E-state index >= 15 is 0 Å². The summed E-state index contributed by atoms with van der Waals surface area (Å²) in [4.78, 5) is 2.39. The topological polar surface area (TPSA) is 23.5 Å². The fourth-order valence-corrected chi connectivity index (χ4v) is 1.95. The Morgan fingerprint density at radius 2 is 2.18 bits per heavy atom. The Bertz CT molecular complexity index is 125. The van der Waals surface area contributed by atoms with Gasteiger partial charge in [0.1, 0.15) is 0 Å². The smallest absolute Gasteiger partial charge is 0.0682 e. The van der Waals surface area contributed by atoms with Crippen LogP contribution in [0.3, 0.4) is 0 Å². The zero-order valence-corrected chi connectivity index (χ0v) is 7.75. The number of rotatable bonds is 2. The van der Waals surface area contributed by atoms with Crippen LogP contribution in [0.2, 0.25) is 0 Å². The van der Waals surface area contributed by atoms with Crippen LogP contribution < -0.4 is 0 Å².